The van der Waals surface area contributed by atoms with E-state index in [9.17, 15) is 4.79 Å². The minimum Gasteiger partial charge on any atom is -0.383 e. The van der Waals surface area contributed by atoms with E-state index in [1.807, 2.05) is 36.0 Å². The summed E-state index contributed by atoms with van der Waals surface area (Å²) in [6, 6.07) is 5.55. The maximum Gasteiger partial charge on any atom is 0.322 e. The van der Waals surface area contributed by atoms with E-state index >= 15 is 0 Å². The van der Waals surface area contributed by atoms with Gasteiger partial charge in [-0.15, -0.1) is 11.3 Å². The zero-order valence-electron chi connectivity index (χ0n) is 14.3. The monoisotopic (exact) mass is 359 g/mol. The topological polar surface area (TPSA) is 72.3 Å². The van der Waals surface area contributed by atoms with Crippen molar-refractivity contribution in [3.63, 3.8) is 0 Å². The predicted molar refractivity (Wildman–Crippen MR) is 98.8 cm³/mol. The van der Waals surface area contributed by atoms with Crippen LogP contribution in [-0.2, 0) is 17.8 Å². The summed E-state index contributed by atoms with van der Waals surface area (Å²) in [6.45, 7) is 4.30. The Bertz CT molecular complexity index is 844. The molecular formula is C17H21N5O2S. The zero-order valence-corrected chi connectivity index (χ0v) is 15.1. The molecule has 8 heteroatoms. The van der Waals surface area contributed by atoms with E-state index in [1.165, 1.54) is 0 Å². The highest BCUT2D eigenvalue weighted by Gasteiger charge is 2.15. The first-order valence-corrected chi connectivity index (χ1v) is 8.97. The number of thiazole rings is 1. The fourth-order valence-electron chi connectivity index (χ4n) is 2.47. The minimum absolute atomic E-state index is 0.162. The number of nitrogens with one attached hydrogen (secondary N) is 1. The molecule has 0 unspecified atom stereocenters. The molecule has 0 bridgehead atoms. The average molecular weight is 359 g/mol. The van der Waals surface area contributed by atoms with E-state index in [0.29, 0.717) is 19.7 Å². The number of nitrogens with zero attached hydrogens (tertiary/aromatic N) is 4. The molecule has 7 nitrogen and oxygen atoms in total. The second-order valence-electron chi connectivity index (χ2n) is 5.58. The molecule has 132 valence electrons. The van der Waals surface area contributed by atoms with Crippen molar-refractivity contribution in [1.82, 2.24) is 19.7 Å². The van der Waals surface area contributed by atoms with Gasteiger partial charge in [0.2, 0.25) is 0 Å². The van der Waals surface area contributed by atoms with Gasteiger partial charge in [0, 0.05) is 37.6 Å². The molecule has 0 aliphatic rings. The number of amides is 2. The van der Waals surface area contributed by atoms with Gasteiger partial charge in [-0.05, 0) is 25.1 Å². The molecule has 2 heterocycles. The van der Waals surface area contributed by atoms with Crippen LogP contribution in [0.5, 0.6) is 0 Å². The van der Waals surface area contributed by atoms with Gasteiger partial charge in [0.25, 0.3) is 0 Å². The van der Waals surface area contributed by atoms with E-state index in [2.05, 4.69) is 15.4 Å². The van der Waals surface area contributed by atoms with Crippen LogP contribution in [0.15, 0.2) is 36.1 Å². The van der Waals surface area contributed by atoms with Gasteiger partial charge in [-0.3, -0.25) is 4.68 Å². The highest BCUT2D eigenvalue weighted by Crippen LogP contribution is 2.22. The minimum atomic E-state index is -0.162. The first-order valence-electron chi connectivity index (χ1n) is 8.09. The Morgan fingerprint density at radius 2 is 2.32 bits per heavy atom. The molecule has 1 N–H and O–H groups in total. The van der Waals surface area contributed by atoms with Crippen LogP contribution in [0.25, 0.3) is 10.2 Å². The molecule has 0 atom stereocenters. The third-order valence-electron chi connectivity index (χ3n) is 3.82. The summed E-state index contributed by atoms with van der Waals surface area (Å²) in [4.78, 5) is 18.7. The molecule has 3 rings (SSSR count). The van der Waals surface area contributed by atoms with Crippen LogP contribution in [-0.4, -0.2) is 46.0 Å². The Morgan fingerprint density at radius 3 is 3.08 bits per heavy atom. The number of urea groups is 1. The molecule has 2 aromatic heterocycles. The van der Waals surface area contributed by atoms with E-state index in [0.717, 1.165) is 28.0 Å². The molecule has 3 aromatic rings. The Balaban J connectivity index is 1.71. The lowest BCUT2D eigenvalue weighted by Gasteiger charge is -2.22. The Kier molecular flexibility index (Phi) is 5.62. The molecule has 0 saturated heterocycles. The number of aryl methyl sites for hydroxylation is 1. The quantitative estimate of drug-likeness (QED) is 0.703. The zero-order chi connectivity index (χ0) is 17.6. The van der Waals surface area contributed by atoms with Crippen LogP contribution in [0.2, 0.25) is 0 Å². The maximum absolute atomic E-state index is 12.7. The molecule has 1 aromatic carbocycles. The Hall–Kier alpha value is -2.45. The van der Waals surface area contributed by atoms with Crippen molar-refractivity contribution in [3.05, 3.63) is 41.7 Å². The van der Waals surface area contributed by atoms with Crippen LogP contribution < -0.4 is 5.32 Å². The van der Waals surface area contributed by atoms with E-state index in [1.54, 1.807) is 35.1 Å². The molecule has 0 radical (unpaired) electrons. The lowest BCUT2D eigenvalue weighted by molar-refractivity contribution is 0.153. The van der Waals surface area contributed by atoms with Crippen LogP contribution in [0.1, 0.15) is 12.5 Å². The number of anilines is 1. The summed E-state index contributed by atoms with van der Waals surface area (Å²) < 4.78 is 8.03. The van der Waals surface area contributed by atoms with Crippen LogP contribution >= 0.6 is 11.3 Å². The maximum atomic E-state index is 12.7. The molecular weight excluding hydrogens is 338 g/mol. The summed E-state index contributed by atoms with van der Waals surface area (Å²) in [6.07, 6.45) is 3.75. The van der Waals surface area contributed by atoms with Crippen molar-refractivity contribution >= 4 is 33.3 Å². The standard InChI is InChI=1S/C17H21N5O2S/c1-3-22-11-13(9-19-22)10-21(6-7-24-2)17(23)20-14-4-5-15-16(8-14)25-12-18-15/h4-5,8-9,11-12H,3,6-7,10H2,1-2H3,(H,20,23). The number of carbonyl (C=O) groups is 1. The lowest BCUT2D eigenvalue weighted by atomic mass is 10.3. The van der Waals surface area contributed by atoms with Crippen molar-refractivity contribution in [2.45, 2.75) is 20.0 Å². The number of carbonyl (C=O) groups excluding carboxylic acids is 1. The lowest BCUT2D eigenvalue weighted by Crippen LogP contribution is -2.36. The second-order valence-corrected chi connectivity index (χ2v) is 6.47. The van der Waals surface area contributed by atoms with E-state index < -0.39 is 0 Å². The molecule has 0 spiro atoms. The van der Waals surface area contributed by atoms with E-state index in [4.69, 9.17) is 4.74 Å². The SMILES string of the molecule is CCn1cc(CN(CCOC)C(=O)Nc2ccc3ncsc3c2)cn1. The van der Waals surface area contributed by atoms with Crippen molar-refractivity contribution in [2.24, 2.45) is 0 Å². The first-order chi connectivity index (χ1) is 12.2. The second kappa shape index (κ2) is 8.09. The summed E-state index contributed by atoms with van der Waals surface area (Å²) in [5.74, 6) is 0. The van der Waals surface area contributed by atoms with Crippen LogP contribution in [0.3, 0.4) is 0 Å². The van der Waals surface area contributed by atoms with Gasteiger partial charge in [0.1, 0.15) is 0 Å². The largest absolute Gasteiger partial charge is 0.383 e. The number of hydrogen-bond acceptors (Lipinski definition) is 5. The fourth-order valence-corrected chi connectivity index (χ4v) is 3.19. The summed E-state index contributed by atoms with van der Waals surface area (Å²) in [5, 5.41) is 7.22. The molecule has 0 saturated carbocycles. The Morgan fingerprint density at radius 1 is 1.44 bits per heavy atom. The third-order valence-corrected chi connectivity index (χ3v) is 4.61. The van der Waals surface area contributed by atoms with Crippen molar-refractivity contribution < 1.29 is 9.53 Å². The molecule has 0 aliphatic heterocycles. The van der Waals surface area contributed by atoms with Crippen LogP contribution in [0.4, 0.5) is 10.5 Å². The normalized spacial score (nSPS) is 11.0. The van der Waals surface area contributed by atoms with Crippen LogP contribution in [0, 0.1) is 0 Å². The van der Waals surface area contributed by atoms with Gasteiger partial charge in [-0.2, -0.15) is 5.10 Å². The third kappa shape index (κ3) is 4.34. The fraction of sp³-hybridized carbons (Fsp3) is 0.353. The molecule has 25 heavy (non-hydrogen) atoms. The van der Waals surface area contributed by atoms with Gasteiger partial charge in [0.05, 0.1) is 35.1 Å². The number of aromatic nitrogens is 3. The molecule has 2 amide bonds. The summed E-state index contributed by atoms with van der Waals surface area (Å²) in [5.41, 5.74) is 4.48. The number of fused-ring (bicyclic) bond motifs is 1. The van der Waals surface area contributed by atoms with Crippen molar-refractivity contribution in [1.29, 1.82) is 0 Å². The number of rotatable bonds is 7. The smallest absolute Gasteiger partial charge is 0.322 e. The first kappa shape index (κ1) is 17.4. The summed E-state index contributed by atoms with van der Waals surface area (Å²) >= 11 is 1.55. The van der Waals surface area contributed by atoms with Crippen molar-refractivity contribution in [3.8, 4) is 0 Å². The highest BCUT2D eigenvalue weighted by atomic mass is 32.1. The highest BCUT2D eigenvalue weighted by molar-refractivity contribution is 7.16. The average Bonchev–Trinajstić information content (AvgIpc) is 3.26. The Labute approximate surface area is 150 Å². The van der Waals surface area contributed by atoms with Gasteiger partial charge in [-0.25, -0.2) is 9.78 Å². The van der Waals surface area contributed by atoms with E-state index in [-0.39, 0.29) is 6.03 Å². The molecule has 0 fully saturated rings. The van der Waals surface area contributed by atoms with Crippen molar-refractivity contribution in [2.75, 3.05) is 25.6 Å². The van der Waals surface area contributed by atoms with Gasteiger partial charge in [0.15, 0.2) is 0 Å². The number of benzene rings is 1. The van der Waals surface area contributed by atoms with Gasteiger partial charge < -0.3 is 15.0 Å². The summed E-state index contributed by atoms with van der Waals surface area (Å²) in [7, 11) is 1.63. The predicted octanol–water partition coefficient (Wildman–Crippen LogP) is 3.19. The molecule has 0 aliphatic carbocycles. The number of hydrogen-bond donors (Lipinski definition) is 1. The van der Waals surface area contributed by atoms with Gasteiger partial charge >= 0.3 is 6.03 Å². The number of methoxy groups -OCH3 is 1. The number of ether oxygens (including phenoxy) is 1. The van der Waals surface area contributed by atoms with Gasteiger partial charge in [-0.1, -0.05) is 0 Å².